The smallest absolute Gasteiger partial charge is 0.416 e. The molecule has 117 heavy (non-hydrogen) atoms. The van der Waals surface area contributed by atoms with Gasteiger partial charge in [-0.25, -0.2) is 22.0 Å². The number of halogens is 11. The lowest BCUT2D eigenvalue weighted by Crippen LogP contribution is -2.44. The van der Waals surface area contributed by atoms with Gasteiger partial charge in [0.2, 0.25) is 0 Å². The Labute approximate surface area is 696 Å². The molecule has 4 aliphatic rings. The Morgan fingerprint density at radius 1 is 0.538 bits per heavy atom. The van der Waals surface area contributed by atoms with Gasteiger partial charge in [-0.3, -0.25) is 4.79 Å². The second-order valence-electron chi connectivity index (χ2n) is 35.1. The summed E-state index contributed by atoms with van der Waals surface area (Å²) in [7, 11) is 12.6. The zero-order chi connectivity index (χ0) is 86.1. The Balaban J connectivity index is 0.000000197. The van der Waals surface area contributed by atoms with Crippen LogP contribution in [0.15, 0.2) is 150 Å². The van der Waals surface area contributed by atoms with Crippen molar-refractivity contribution in [3.05, 3.63) is 266 Å². The van der Waals surface area contributed by atoms with Crippen molar-refractivity contribution >= 4 is 74.8 Å². The van der Waals surface area contributed by atoms with Crippen LogP contribution in [0.5, 0.6) is 5.75 Å². The number of hydrogen-bond acceptors (Lipinski definition) is 7. The minimum atomic E-state index is -4.84. The van der Waals surface area contributed by atoms with Crippen LogP contribution >= 0.6 is 11.3 Å². The van der Waals surface area contributed by atoms with E-state index in [1.165, 1.54) is 108 Å². The van der Waals surface area contributed by atoms with Gasteiger partial charge >= 0.3 is 12.4 Å². The largest absolute Gasteiger partial charge is 0.490 e. The molecular formula is C94H117B2F11NO6SSi2+3. The molecule has 9 aromatic rings. The topological polar surface area (TPSA) is 80.8 Å². The Morgan fingerprint density at radius 3 is 1.30 bits per heavy atom. The normalized spacial score (nSPS) is 19.0. The number of benzene rings is 8. The van der Waals surface area contributed by atoms with Gasteiger partial charge in [0.05, 0.1) is 70.5 Å². The lowest BCUT2D eigenvalue weighted by Gasteiger charge is -2.36. The minimum absolute atomic E-state index is 0. The highest BCUT2D eigenvalue weighted by Gasteiger charge is 2.46. The molecule has 23 heteroatoms. The van der Waals surface area contributed by atoms with Crippen molar-refractivity contribution in [3.8, 4) is 5.75 Å². The van der Waals surface area contributed by atoms with Gasteiger partial charge in [-0.15, -0.1) is 11.3 Å². The van der Waals surface area contributed by atoms with Crippen LogP contribution in [0.3, 0.4) is 0 Å². The third-order valence-electron chi connectivity index (χ3n) is 22.3. The van der Waals surface area contributed by atoms with Crippen LogP contribution in [0, 0.1) is 82.5 Å². The van der Waals surface area contributed by atoms with Crippen LogP contribution in [0.25, 0.3) is 20.2 Å². The van der Waals surface area contributed by atoms with Gasteiger partial charge in [-0.2, -0.15) is 26.3 Å². The van der Waals surface area contributed by atoms with E-state index in [0.29, 0.717) is 70.5 Å². The van der Waals surface area contributed by atoms with Crippen molar-refractivity contribution in [3.63, 3.8) is 0 Å². The molecule has 1 aromatic heterocycles. The highest BCUT2D eigenvalue weighted by atomic mass is 32.1. The molecule has 7 nitrogen and oxygen atoms in total. The lowest BCUT2D eigenvalue weighted by molar-refractivity contribution is -0.873. The van der Waals surface area contributed by atoms with Crippen LogP contribution in [-0.4, -0.2) is 107 Å². The molecule has 2 saturated carbocycles. The maximum Gasteiger partial charge on any atom is 0.416 e. The van der Waals surface area contributed by atoms with Crippen molar-refractivity contribution in [1.29, 1.82) is 0 Å². The third kappa shape index (κ3) is 27.1. The molecule has 13 rings (SSSR count). The van der Waals surface area contributed by atoms with Gasteiger partial charge in [-0.1, -0.05) is 186 Å². The van der Waals surface area contributed by atoms with E-state index >= 15 is 0 Å². The number of epoxide rings is 2. The molecule has 9 atom stereocenters. The first-order chi connectivity index (χ1) is 53.9. The van der Waals surface area contributed by atoms with E-state index in [1.807, 2.05) is 65.3 Å². The van der Waals surface area contributed by atoms with E-state index in [9.17, 15) is 58.2 Å². The number of aryl methyl sites for hydroxylation is 3. The molecule has 0 amide bonds. The number of aliphatic hydroxyl groups is 1. The fourth-order valence-electron chi connectivity index (χ4n) is 14.9. The van der Waals surface area contributed by atoms with E-state index in [2.05, 4.69) is 200 Å². The molecule has 3 heterocycles. The molecule has 4 radical (unpaired) electrons. The summed E-state index contributed by atoms with van der Waals surface area (Å²) >= 11 is 1.64. The number of aliphatic hydroxyl groups excluding tert-OH is 1. The summed E-state index contributed by atoms with van der Waals surface area (Å²) in [5, 5.41) is 11.6. The standard InChI is InChI=1S/C21H26NO3S.C20H38O3Si2.2C19H23.C8H3BF6.C6BF5.CH4/c1-13-14(2)21-17(20(24)16-8-6-7-9-19(16)26-21)10-18(13)25-12-15(23)11-22(3,4)5;1-24(2,11-9-15-5-7-17-19(13-15)21-17)23-25(3,4)12-10-16-6-8-18-20(14-16)22-18;2*1-14(2)16-8-12-18(13-9-16)19(4,5)17-10-6-15(3)7-11-17;9-6-2-4(7(10,11)12)1-5(3-6)8(13,14)15;7-1-2(8)4(10)6(12)5(11)3(1)9;/h6-10,15,23H,11-12H2,1-5H3;15-20H,5-14H2,1-4H3;2*6-14H,4H2,1-3,5H3;1-3H;;1H4/q+1;;2*+1;;;. The van der Waals surface area contributed by atoms with E-state index in [0.717, 1.165) is 37.7 Å². The van der Waals surface area contributed by atoms with Crippen LogP contribution in [0.1, 0.15) is 179 Å². The molecule has 0 bridgehead atoms. The maximum atomic E-state index is 12.9. The first kappa shape index (κ1) is 96.9. The van der Waals surface area contributed by atoms with E-state index in [-0.39, 0.29) is 36.4 Å². The number of alkyl halides is 6. The second kappa shape index (κ2) is 40.0. The Kier molecular flexibility index (Phi) is 33.1. The predicted octanol–water partition coefficient (Wildman–Crippen LogP) is 23.7. The average Bonchev–Trinajstić information content (AvgIpc) is 1.69. The van der Waals surface area contributed by atoms with Gasteiger partial charge < -0.3 is 27.9 Å². The van der Waals surface area contributed by atoms with Crippen molar-refractivity contribution in [2.24, 2.45) is 11.8 Å². The van der Waals surface area contributed by atoms with Crippen LogP contribution in [0.2, 0.25) is 38.3 Å². The molecule has 4 fully saturated rings. The highest BCUT2D eigenvalue weighted by Crippen LogP contribution is 2.45. The van der Waals surface area contributed by atoms with E-state index in [4.69, 9.17) is 26.2 Å². The molecule has 1 N–H and O–H groups in total. The van der Waals surface area contributed by atoms with Gasteiger partial charge in [0.15, 0.2) is 62.0 Å². The van der Waals surface area contributed by atoms with Crippen molar-refractivity contribution in [1.82, 2.24) is 0 Å². The lowest BCUT2D eigenvalue weighted by atomic mass is 9.77. The number of fused-ring (bicyclic) bond motifs is 4. The fourth-order valence-corrected chi connectivity index (χ4v) is 25.1. The quantitative estimate of drug-likeness (QED) is 0.0127. The van der Waals surface area contributed by atoms with Crippen LogP contribution in [-0.2, 0) is 36.8 Å². The summed E-state index contributed by atoms with van der Waals surface area (Å²) < 4.78 is 161. The molecule has 628 valence electrons. The Morgan fingerprint density at radius 2 is 0.923 bits per heavy atom. The summed E-state index contributed by atoms with van der Waals surface area (Å²) in [5.74, 6) is -6.67. The van der Waals surface area contributed by atoms with Crippen LogP contribution < -0.4 is 21.1 Å². The zero-order valence-corrected chi connectivity index (χ0v) is 72.9. The van der Waals surface area contributed by atoms with Crippen molar-refractivity contribution in [2.45, 2.75) is 232 Å². The Bertz CT molecular complexity index is 4530. The summed E-state index contributed by atoms with van der Waals surface area (Å²) in [5.41, 5.74) is 7.35. The molecule has 8 aromatic carbocycles. The number of rotatable bonds is 19. The number of nitrogens with zero attached hydrogens (tertiary/aromatic N) is 1. The van der Waals surface area contributed by atoms with Crippen molar-refractivity contribution in [2.75, 3.05) is 34.3 Å². The molecular weight excluding hydrogens is 1560 g/mol. The summed E-state index contributed by atoms with van der Waals surface area (Å²) in [6, 6.07) is 48.2. The van der Waals surface area contributed by atoms with Crippen LogP contribution in [0.4, 0.5) is 48.3 Å². The van der Waals surface area contributed by atoms with Gasteiger partial charge in [0.1, 0.15) is 40.7 Å². The zero-order valence-electron chi connectivity index (χ0n) is 70.1. The Hall–Kier alpha value is -7.22. The predicted molar refractivity (Wildman–Crippen MR) is 464 cm³/mol. The number of hydrogen-bond donors (Lipinski definition) is 1. The first-order valence-electron chi connectivity index (χ1n) is 39.8. The monoisotopic (exact) mass is 1670 g/mol. The molecule has 0 spiro atoms. The first-order valence-corrected chi connectivity index (χ1v) is 46.9. The van der Waals surface area contributed by atoms with Crippen molar-refractivity contribution < 1.29 is 76.2 Å². The van der Waals surface area contributed by atoms with E-state index < -0.39 is 86.2 Å². The number of ether oxygens (including phenoxy) is 3. The van der Waals surface area contributed by atoms with Gasteiger partial charge in [0.25, 0.3) is 0 Å². The SMILES string of the molecule is C.C[Si](C)(CCC1CCC2OC2C1)O[Si](C)(C)CCC1CCC2OC2C1.Cc1c(OCC(O)C[N+](C)(C)C)cc2c(=O)c3ccccc3sc2c1C.[B]c1c(F)c(F)c(F)c(F)c1F.[B]c1cc(C(F)(F)F)cc(C(F)(F)F)c1.[CH2+]C(C)(c1ccc(C)cc1)c1ccc(C(C)C)cc1.[CH2+]C(C)(c1ccc(C)cc1)c1ccc(C(C)C)cc1. The second-order valence-corrected chi connectivity index (χ2v) is 45.0. The maximum absolute atomic E-state index is 12.9. The fraction of sp³-hybridized carbons (Fsp3) is 0.457. The highest BCUT2D eigenvalue weighted by molar-refractivity contribution is 7.24. The minimum Gasteiger partial charge on any atom is -0.490 e. The third-order valence-corrected chi connectivity index (χ3v) is 31.0. The number of likely N-dealkylation sites (N-methyl/N-ethyl adjacent to an activating group) is 1. The van der Waals surface area contributed by atoms with E-state index in [1.54, 1.807) is 11.3 Å². The molecule has 2 aliphatic heterocycles. The molecule has 2 saturated heterocycles. The number of quaternary nitrogens is 1. The summed E-state index contributed by atoms with van der Waals surface area (Å²) in [6.45, 7) is 41.0. The molecule has 2 aliphatic carbocycles. The average molecular weight is 1680 g/mol. The van der Waals surface area contributed by atoms with Gasteiger partial charge in [-0.05, 0) is 194 Å². The summed E-state index contributed by atoms with van der Waals surface area (Å²) in [6.07, 6.45) is 3.08. The summed E-state index contributed by atoms with van der Waals surface area (Å²) in [4.78, 5) is 12.9. The van der Waals surface area contributed by atoms with Gasteiger partial charge in [0, 0.05) is 42.4 Å². The molecule has 9 unspecified atom stereocenters.